The van der Waals surface area contributed by atoms with Crippen molar-refractivity contribution in [2.24, 2.45) is 0 Å². The van der Waals surface area contributed by atoms with Gasteiger partial charge in [0, 0.05) is 23.5 Å². The van der Waals surface area contributed by atoms with E-state index in [1.807, 2.05) is 0 Å². The van der Waals surface area contributed by atoms with Crippen molar-refractivity contribution in [2.45, 2.75) is 4.90 Å². The maximum atomic E-state index is 12.5. The zero-order chi connectivity index (χ0) is 20.3. The van der Waals surface area contributed by atoms with E-state index < -0.39 is 15.9 Å². The van der Waals surface area contributed by atoms with Crippen LogP contribution in [-0.4, -0.2) is 14.3 Å². The Hall–Kier alpha value is -2.81. The molecule has 144 valence electrons. The fourth-order valence-electron chi connectivity index (χ4n) is 2.33. The molecule has 0 fully saturated rings. The molecule has 1 heterocycles. The minimum absolute atomic E-state index is 0.00569. The molecule has 0 unspecified atom stereocenters. The van der Waals surface area contributed by atoms with Gasteiger partial charge in [0.25, 0.3) is 15.9 Å². The molecular formula is C18H13Cl2N3O4S. The number of carbonyl (C=O) groups is 1. The molecule has 3 aromatic rings. The van der Waals surface area contributed by atoms with E-state index in [1.165, 1.54) is 60.9 Å². The lowest BCUT2D eigenvalue weighted by Gasteiger charge is -2.12. The monoisotopic (exact) mass is 437 g/mol. The summed E-state index contributed by atoms with van der Waals surface area (Å²) in [7, 11) is -3.99. The van der Waals surface area contributed by atoms with Gasteiger partial charge in [-0.1, -0.05) is 29.3 Å². The third-order valence-electron chi connectivity index (χ3n) is 3.65. The van der Waals surface area contributed by atoms with Gasteiger partial charge in [0.05, 0.1) is 15.6 Å². The molecule has 0 spiro atoms. The highest BCUT2D eigenvalue weighted by molar-refractivity contribution is 7.93. The van der Waals surface area contributed by atoms with E-state index in [1.54, 1.807) is 6.07 Å². The molecular weight excluding hydrogens is 425 g/mol. The van der Waals surface area contributed by atoms with Crippen molar-refractivity contribution >= 4 is 50.5 Å². The van der Waals surface area contributed by atoms with E-state index >= 15 is 0 Å². The number of anilines is 2. The summed E-state index contributed by atoms with van der Waals surface area (Å²) in [6, 6.07) is 13.2. The van der Waals surface area contributed by atoms with E-state index in [9.17, 15) is 18.4 Å². The highest BCUT2D eigenvalue weighted by atomic mass is 35.5. The number of rotatable bonds is 5. The van der Waals surface area contributed by atoms with Crippen LogP contribution in [0, 0.1) is 5.21 Å². The van der Waals surface area contributed by atoms with Gasteiger partial charge in [0.15, 0.2) is 12.4 Å². The average Bonchev–Trinajstić information content (AvgIpc) is 2.63. The number of nitrogens with one attached hydrogen (secondary N) is 2. The summed E-state index contributed by atoms with van der Waals surface area (Å²) in [6.45, 7) is 0. The molecule has 2 N–H and O–H groups in total. The topological polar surface area (TPSA) is 102 Å². The number of benzene rings is 2. The Kier molecular flexibility index (Phi) is 5.73. The van der Waals surface area contributed by atoms with Crippen LogP contribution in [0.1, 0.15) is 10.4 Å². The predicted octanol–water partition coefficient (Wildman–Crippen LogP) is 3.68. The first-order valence-electron chi connectivity index (χ1n) is 7.83. The summed E-state index contributed by atoms with van der Waals surface area (Å²) < 4.78 is 28.0. The Morgan fingerprint density at radius 3 is 2.00 bits per heavy atom. The average molecular weight is 438 g/mol. The zero-order valence-electron chi connectivity index (χ0n) is 14.1. The second-order valence-corrected chi connectivity index (χ2v) is 8.07. The summed E-state index contributed by atoms with van der Waals surface area (Å²) in [6.07, 6.45) is 2.43. The highest BCUT2D eigenvalue weighted by Gasteiger charge is 2.21. The van der Waals surface area contributed by atoms with Crippen LogP contribution in [0.25, 0.3) is 0 Å². The fraction of sp³-hybridized carbons (Fsp3) is 0. The second kappa shape index (κ2) is 8.05. The Labute approximate surface area is 171 Å². The molecule has 0 aliphatic heterocycles. The molecule has 2 aromatic carbocycles. The Balaban J connectivity index is 1.74. The zero-order valence-corrected chi connectivity index (χ0v) is 16.4. The van der Waals surface area contributed by atoms with Crippen LogP contribution < -0.4 is 14.8 Å². The number of hydrogen-bond acceptors (Lipinski definition) is 4. The van der Waals surface area contributed by atoms with Gasteiger partial charge in [0.1, 0.15) is 4.90 Å². The Bertz CT molecular complexity index is 1100. The Morgan fingerprint density at radius 1 is 0.893 bits per heavy atom. The number of pyridine rings is 1. The fourth-order valence-corrected chi connectivity index (χ4v) is 4.54. The lowest BCUT2D eigenvalue weighted by Crippen LogP contribution is -2.25. The van der Waals surface area contributed by atoms with E-state index in [-0.39, 0.29) is 20.6 Å². The number of nitrogens with zero attached hydrogens (tertiary/aromatic N) is 1. The van der Waals surface area contributed by atoms with E-state index in [0.717, 1.165) is 0 Å². The first-order valence-corrected chi connectivity index (χ1v) is 10.1. The highest BCUT2D eigenvalue weighted by Crippen LogP contribution is 2.30. The van der Waals surface area contributed by atoms with Gasteiger partial charge < -0.3 is 10.5 Å². The Morgan fingerprint density at radius 2 is 1.43 bits per heavy atom. The minimum Gasteiger partial charge on any atom is -0.619 e. The maximum Gasteiger partial charge on any atom is 0.264 e. The van der Waals surface area contributed by atoms with Crippen molar-refractivity contribution in [1.82, 2.24) is 0 Å². The number of sulfonamides is 1. The van der Waals surface area contributed by atoms with Gasteiger partial charge in [-0.15, -0.1) is 0 Å². The van der Waals surface area contributed by atoms with E-state index in [0.29, 0.717) is 16.0 Å². The molecule has 1 aromatic heterocycles. The van der Waals surface area contributed by atoms with Crippen LogP contribution in [0.4, 0.5) is 11.4 Å². The summed E-state index contributed by atoms with van der Waals surface area (Å²) >= 11 is 11.9. The van der Waals surface area contributed by atoms with Crippen molar-refractivity contribution in [1.29, 1.82) is 0 Å². The summed E-state index contributed by atoms with van der Waals surface area (Å²) in [4.78, 5) is 11.9. The lowest BCUT2D eigenvalue weighted by molar-refractivity contribution is -0.605. The number of carbonyl (C=O) groups excluding carboxylic acids is 1. The van der Waals surface area contributed by atoms with Crippen LogP contribution in [0.3, 0.4) is 0 Å². The van der Waals surface area contributed by atoms with Crippen molar-refractivity contribution in [3.05, 3.63) is 87.8 Å². The van der Waals surface area contributed by atoms with Gasteiger partial charge in [0.2, 0.25) is 0 Å². The summed E-state index contributed by atoms with van der Waals surface area (Å²) in [5.74, 6) is -0.406. The third-order valence-corrected chi connectivity index (χ3v) is 5.98. The van der Waals surface area contributed by atoms with Gasteiger partial charge in [-0.3, -0.25) is 9.52 Å². The van der Waals surface area contributed by atoms with Gasteiger partial charge in [-0.2, -0.15) is 4.73 Å². The normalized spacial score (nSPS) is 11.1. The van der Waals surface area contributed by atoms with E-state index in [4.69, 9.17) is 23.2 Å². The molecule has 0 aliphatic carbocycles. The number of halogens is 2. The molecule has 10 heteroatoms. The largest absolute Gasteiger partial charge is 0.619 e. The van der Waals surface area contributed by atoms with Crippen LogP contribution in [0.15, 0.2) is 71.9 Å². The quantitative estimate of drug-likeness (QED) is 0.469. The van der Waals surface area contributed by atoms with Gasteiger partial charge in [-0.25, -0.2) is 8.42 Å². The molecule has 0 saturated heterocycles. The van der Waals surface area contributed by atoms with Crippen molar-refractivity contribution < 1.29 is 17.9 Å². The smallest absolute Gasteiger partial charge is 0.264 e. The third kappa shape index (κ3) is 4.53. The van der Waals surface area contributed by atoms with Gasteiger partial charge in [-0.05, 0) is 36.4 Å². The van der Waals surface area contributed by atoms with Crippen LogP contribution >= 0.6 is 23.2 Å². The first-order chi connectivity index (χ1) is 13.3. The molecule has 28 heavy (non-hydrogen) atoms. The second-order valence-electron chi connectivity index (χ2n) is 5.63. The number of hydrogen-bond donors (Lipinski definition) is 2. The van der Waals surface area contributed by atoms with Crippen molar-refractivity contribution in [3.63, 3.8) is 0 Å². The minimum atomic E-state index is -3.99. The maximum absolute atomic E-state index is 12.5. The van der Waals surface area contributed by atoms with Crippen molar-refractivity contribution in [2.75, 3.05) is 10.0 Å². The van der Waals surface area contributed by atoms with Gasteiger partial charge >= 0.3 is 0 Å². The molecule has 0 saturated carbocycles. The van der Waals surface area contributed by atoms with Crippen LogP contribution in [-0.2, 0) is 10.0 Å². The molecule has 0 aliphatic rings. The van der Waals surface area contributed by atoms with Crippen LogP contribution in [0.5, 0.6) is 0 Å². The molecule has 0 radical (unpaired) electrons. The molecule has 1 amide bonds. The summed E-state index contributed by atoms with van der Waals surface area (Å²) in [5, 5.41) is 13.7. The molecule has 7 nitrogen and oxygen atoms in total. The number of aromatic nitrogens is 1. The van der Waals surface area contributed by atoms with Crippen LogP contribution in [0.2, 0.25) is 10.0 Å². The predicted molar refractivity (Wildman–Crippen MR) is 107 cm³/mol. The molecule has 3 rings (SSSR count). The summed E-state index contributed by atoms with van der Waals surface area (Å²) in [5.41, 5.74) is 1.02. The molecule has 0 bridgehead atoms. The standard InChI is InChI=1S/C18H13Cl2N3O4S/c19-15-2-1-3-16(20)17(15)28(26,27)22-14-6-4-13(5-7-14)21-18(24)12-8-10-23(25)11-9-12/h1-11,22H,(H,21,24). The molecule has 0 atom stereocenters. The SMILES string of the molecule is O=C(Nc1ccc(NS(=O)(=O)c2c(Cl)cccc2Cl)cc1)c1cc[n+]([O-])cc1. The lowest BCUT2D eigenvalue weighted by atomic mass is 10.2. The van der Waals surface area contributed by atoms with E-state index in [2.05, 4.69) is 10.0 Å². The first kappa shape index (κ1) is 19.9. The number of amides is 1. The van der Waals surface area contributed by atoms with Crippen molar-refractivity contribution in [3.8, 4) is 0 Å².